The molecule has 1 heterocycles. The smallest absolute Gasteiger partial charge is 0.290 e. The van der Waals surface area contributed by atoms with Crippen molar-refractivity contribution < 1.29 is 13.6 Å². The van der Waals surface area contributed by atoms with Gasteiger partial charge in [0.1, 0.15) is 5.03 Å². The van der Waals surface area contributed by atoms with Gasteiger partial charge >= 0.3 is 0 Å². The van der Waals surface area contributed by atoms with E-state index in [0.717, 1.165) is 5.56 Å². The molecule has 0 aliphatic rings. The van der Waals surface area contributed by atoms with E-state index in [1.54, 1.807) is 24.3 Å². The summed E-state index contributed by atoms with van der Waals surface area (Å²) in [5, 5.41) is 11.4. The van der Waals surface area contributed by atoms with E-state index in [1.165, 1.54) is 18.3 Å². The van der Waals surface area contributed by atoms with Crippen LogP contribution in [0.25, 0.3) is 0 Å². The van der Waals surface area contributed by atoms with E-state index in [-0.39, 0.29) is 28.9 Å². The third-order valence-corrected chi connectivity index (χ3v) is 3.45. The van der Waals surface area contributed by atoms with Crippen molar-refractivity contribution in [3.8, 4) is 6.07 Å². The zero-order valence-electron chi connectivity index (χ0n) is 11.3. The molecule has 0 atom stereocenters. The predicted octanol–water partition coefficient (Wildman–Crippen LogP) is 3.20. The Labute approximate surface area is 130 Å². The Bertz CT molecular complexity index is 716. The number of benzene rings is 1. The van der Waals surface area contributed by atoms with Crippen LogP contribution in [-0.2, 0) is 6.54 Å². The lowest BCUT2D eigenvalue weighted by atomic mass is 10.1. The van der Waals surface area contributed by atoms with E-state index in [4.69, 9.17) is 5.26 Å². The number of hydrogen-bond acceptors (Lipinski definition) is 4. The van der Waals surface area contributed by atoms with Crippen LogP contribution in [0.2, 0.25) is 0 Å². The number of carbonyl (C=O) groups is 1. The molecule has 22 heavy (non-hydrogen) atoms. The number of carbonyl (C=O) groups excluding carboxylic acids is 1. The molecule has 0 saturated heterocycles. The Morgan fingerprint density at radius 1 is 1.36 bits per heavy atom. The third kappa shape index (κ3) is 4.27. The molecule has 0 spiro atoms. The lowest BCUT2D eigenvalue weighted by Gasteiger charge is -2.09. The molecule has 0 bridgehead atoms. The first-order valence-electron chi connectivity index (χ1n) is 6.27. The molecule has 1 N–H and O–H groups in total. The van der Waals surface area contributed by atoms with Crippen molar-refractivity contribution in [2.75, 3.05) is 0 Å². The Balaban J connectivity index is 2.08. The molecule has 1 aromatic heterocycles. The summed E-state index contributed by atoms with van der Waals surface area (Å²) in [4.78, 5) is 15.9. The van der Waals surface area contributed by atoms with Crippen molar-refractivity contribution in [1.29, 1.82) is 5.26 Å². The van der Waals surface area contributed by atoms with Crippen molar-refractivity contribution in [3.05, 3.63) is 59.3 Å². The van der Waals surface area contributed by atoms with Gasteiger partial charge in [-0.3, -0.25) is 4.79 Å². The van der Waals surface area contributed by atoms with Gasteiger partial charge in [-0.2, -0.15) is 14.0 Å². The van der Waals surface area contributed by atoms with Gasteiger partial charge < -0.3 is 5.32 Å². The summed E-state index contributed by atoms with van der Waals surface area (Å²) < 4.78 is 24.9. The molecular formula is C15H11F2N3OS. The second-order valence-electron chi connectivity index (χ2n) is 4.23. The minimum Gasteiger partial charge on any atom is -0.348 e. The second kappa shape index (κ2) is 7.52. The first kappa shape index (κ1) is 15.9. The van der Waals surface area contributed by atoms with Crippen LogP contribution in [-0.4, -0.2) is 16.6 Å². The van der Waals surface area contributed by atoms with Gasteiger partial charge in [0.15, 0.2) is 0 Å². The maximum absolute atomic E-state index is 12.5. The number of nitrogens with one attached hydrogen (secondary N) is 1. The van der Waals surface area contributed by atoms with Crippen LogP contribution < -0.4 is 5.32 Å². The van der Waals surface area contributed by atoms with Gasteiger partial charge in [0.2, 0.25) is 0 Å². The number of pyridine rings is 1. The van der Waals surface area contributed by atoms with Gasteiger partial charge in [-0.15, -0.1) is 0 Å². The number of halogens is 2. The van der Waals surface area contributed by atoms with Gasteiger partial charge in [-0.1, -0.05) is 12.1 Å². The minimum atomic E-state index is -2.64. The fourth-order valence-electron chi connectivity index (χ4n) is 1.77. The predicted molar refractivity (Wildman–Crippen MR) is 78.4 cm³/mol. The summed E-state index contributed by atoms with van der Waals surface area (Å²) in [5.41, 5.74) is 1.34. The molecule has 0 radical (unpaired) electrons. The van der Waals surface area contributed by atoms with E-state index in [2.05, 4.69) is 10.3 Å². The zero-order chi connectivity index (χ0) is 15.9. The average molecular weight is 319 g/mol. The number of amides is 1. The summed E-state index contributed by atoms with van der Waals surface area (Å²) in [6.07, 6.45) is 1.36. The number of thioether (sulfide) groups is 1. The Morgan fingerprint density at radius 2 is 2.18 bits per heavy atom. The van der Waals surface area contributed by atoms with Crippen LogP contribution in [0, 0.1) is 11.3 Å². The van der Waals surface area contributed by atoms with Gasteiger partial charge in [0.25, 0.3) is 11.7 Å². The Hall–Kier alpha value is -2.46. The first-order chi connectivity index (χ1) is 10.6. The molecule has 0 unspecified atom stereocenters. The molecule has 0 aliphatic heterocycles. The zero-order valence-corrected chi connectivity index (χ0v) is 12.1. The quantitative estimate of drug-likeness (QED) is 0.860. The molecule has 0 saturated carbocycles. The largest absolute Gasteiger partial charge is 0.348 e. The summed E-state index contributed by atoms with van der Waals surface area (Å²) >= 11 is 0.233. The van der Waals surface area contributed by atoms with E-state index < -0.39 is 11.7 Å². The standard InChI is InChI=1S/C15H11F2N3OS/c16-15(17)22-14-12(5-2-6-19-14)13(21)20-9-11-4-1-3-10(7-11)8-18/h1-7,15H,9H2,(H,20,21). The molecule has 2 rings (SSSR count). The number of nitrogens with zero attached hydrogens (tertiary/aromatic N) is 2. The van der Waals surface area contributed by atoms with E-state index in [9.17, 15) is 13.6 Å². The Morgan fingerprint density at radius 3 is 2.91 bits per heavy atom. The molecule has 4 nitrogen and oxygen atoms in total. The normalized spacial score (nSPS) is 10.3. The van der Waals surface area contributed by atoms with Crippen molar-refractivity contribution in [1.82, 2.24) is 10.3 Å². The lowest BCUT2D eigenvalue weighted by Crippen LogP contribution is -2.23. The van der Waals surface area contributed by atoms with Crippen LogP contribution >= 0.6 is 11.8 Å². The van der Waals surface area contributed by atoms with Gasteiger partial charge in [-0.05, 0) is 41.6 Å². The number of nitriles is 1. The SMILES string of the molecule is N#Cc1cccc(CNC(=O)c2cccnc2SC(F)F)c1. The average Bonchev–Trinajstić information content (AvgIpc) is 2.53. The summed E-state index contributed by atoms with van der Waals surface area (Å²) in [6, 6.07) is 11.7. The summed E-state index contributed by atoms with van der Waals surface area (Å²) in [5.74, 6) is -3.13. The number of rotatable bonds is 5. The fraction of sp³-hybridized carbons (Fsp3) is 0.133. The number of hydrogen-bond donors (Lipinski definition) is 1. The maximum atomic E-state index is 12.5. The van der Waals surface area contributed by atoms with E-state index in [0.29, 0.717) is 5.56 Å². The molecular weight excluding hydrogens is 308 g/mol. The second-order valence-corrected chi connectivity index (χ2v) is 5.21. The highest BCUT2D eigenvalue weighted by Gasteiger charge is 2.16. The van der Waals surface area contributed by atoms with Crippen molar-refractivity contribution in [2.45, 2.75) is 17.3 Å². The van der Waals surface area contributed by atoms with Crippen LogP contribution in [0.5, 0.6) is 0 Å². The minimum absolute atomic E-state index is 0.0132. The highest BCUT2D eigenvalue weighted by atomic mass is 32.2. The molecule has 0 fully saturated rings. The van der Waals surface area contributed by atoms with Crippen molar-refractivity contribution in [3.63, 3.8) is 0 Å². The van der Waals surface area contributed by atoms with Crippen LogP contribution in [0.4, 0.5) is 8.78 Å². The van der Waals surface area contributed by atoms with E-state index in [1.807, 2.05) is 6.07 Å². The molecule has 7 heteroatoms. The van der Waals surface area contributed by atoms with E-state index >= 15 is 0 Å². The first-order valence-corrected chi connectivity index (χ1v) is 7.15. The highest BCUT2D eigenvalue weighted by molar-refractivity contribution is 7.99. The Kier molecular flexibility index (Phi) is 5.44. The van der Waals surface area contributed by atoms with Crippen molar-refractivity contribution in [2.24, 2.45) is 0 Å². The fourth-order valence-corrected chi connectivity index (χ4v) is 2.35. The van der Waals surface area contributed by atoms with Gasteiger partial charge in [0.05, 0.1) is 17.2 Å². The lowest BCUT2D eigenvalue weighted by molar-refractivity contribution is 0.0947. The molecule has 2 aromatic rings. The van der Waals surface area contributed by atoms with Gasteiger partial charge in [-0.25, -0.2) is 4.98 Å². The molecule has 0 aliphatic carbocycles. The number of aromatic nitrogens is 1. The maximum Gasteiger partial charge on any atom is 0.290 e. The summed E-state index contributed by atoms with van der Waals surface area (Å²) in [7, 11) is 0. The number of alkyl halides is 2. The van der Waals surface area contributed by atoms with Gasteiger partial charge in [0, 0.05) is 12.7 Å². The highest BCUT2D eigenvalue weighted by Crippen LogP contribution is 2.26. The third-order valence-electron chi connectivity index (χ3n) is 2.73. The topological polar surface area (TPSA) is 65.8 Å². The summed E-state index contributed by atoms with van der Waals surface area (Å²) in [6.45, 7) is 0.196. The molecule has 1 aromatic carbocycles. The van der Waals surface area contributed by atoms with Crippen molar-refractivity contribution >= 4 is 17.7 Å². The monoisotopic (exact) mass is 319 g/mol. The van der Waals surface area contributed by atoms with Crippen LogP contribution in [0.1, 0.15) is 21.5 Å². The molecule has 1 amide bonds. The van der Waals surface area contributed by atoms with Crippen LogP contribution in [0.3, 0.4) is 0 Å². The molecule has 112 valence electrons. The van der Waals surface area contributed by atoms with Crippen LogP contribution in [0.15, 0.2) is 47.6 Å².